The Hall–Kier alpha value is -8.48. The normalized spacial score (nSPS) is 12.8. The number of rotatable bonds is 9. The van der Waals surface area contributed by atoms with Gasteiger partial charge >= 0.3 is 0 Å². The molecule has 0 unspecified atom stereocenters. The minimum absolute atomic E-state index is 0.104. The van der Waals surface area contributed by atoms with Crippen molar-refractivity contribution in [1.29, 1.82) is 0 Å². The number of benzene rings is 9. The van der Waals surface area contributed by atoms with E-state index in [9.17, 15) is 8.78 Å². The first-order valence-electron chi connectivity index (χ1n) is 22.3. The third-order valence-electron chi connectivity index (χ3n) is 12.9. The Morgan fingerprint density at radius 2 is 0.742 bits per heavy atom. The van der Waals surface area contributed by atoms with Gasteiger partial charge in [0, 0.05) is 73.5 Å². The molecule has 0 atom stereocenters. The zero-order valence-corrected chi connectivity index (χ0v) is 35.9. The van der Waals surface area contributed by atoms with Crippen molar-refractivity contribution in [2.24, 2.45) is 0 Å². The molecule has 11 aromatic rings. The van der Waals surface area contributed by atoms with Gasteiger partial charge in [-0.2, -0.15) is 0 Å². The van der Waals surface area contributed by atoms with Crippen molar-refractivity contribution in [2.45, 2.75) is 12.8 Å². The molecule has 0 aliphatic heterocycles. The minimum atomic E-state index is -0.281. The number of hydrogen-bond acceptors (Lipinski definition) is 2. The molecule has 2 heterocycles. The first-order valence-corrected chi connectivity index (χ1v) is 22.3. The van der Waals surface area contributed by atoms with Crippen LogP contribution < -0.4 is 9.80 Å². The van der Waals surface area contributed by atoms with Crippen LogP contribution in [0, 0.1) is 5.82 Å². The second kappa shape index (κ2) is 16.3. The first-order chi connectivity index (χ1) is 32.6. The van der Waals surface area contributed by atoms with E-state index in [1.54, 1.807) is 6.08 Å². The Labute approximate surface area is 381 Å². The SMILES string of the molecule is FC1=CC=C(N(c2ccc(-c3ccc(N(c4ccc(F)cc4)c4ccc5c(c4)c4ccccc4n5-c4ccccc4)cc3)cc2)c2ccc3c(c2)c2ccccc2n3-c2ccccc2)CC1. The maximum atomic E-state index is 14.5. The van der Waals surface area contributed by atoms with Crippen LogP contribution in [0.4, 0.5) is 37.2 Å². The Morgan fingerprint density at radius 3 is 1.23 bits per heavy atom. The average Bonchev–Trinajstić information content (AvgIpc) is 3.89. The molecule has 0 saturated heterocycles. The second-order valence-corrected chi connectivity index (χ2v) is 16.8. The van der Waals surface area contributed by atoms with E-state index < -0.39 is 0 Å². The standard InChI is InChI=1S/C60H42F2N4/c61-43-23-31-49(32-24-43)63(51-35-37-59-55(39-51)53-15-7-9-17-57(53)65(59)45-11-3-1-4-12-45)47-27-19-41(20-28-47)42-21-29-48(30-22-42)64(50-33-25-44(62)26-34-50)52-36-38-60-56(40-52)54-16-8-10-18-58(54)66(60)46-13-5-2-6-14-46/h1-25,27-33,35-40H,26,34H2. The van der Waals surface area contributed by atoms with Crippen LogP contribution in [0.15, 0.2) is 242 Å². The quantitative estimate of drug-likeness (QED) is 0.144. The molecule has 1 aliphatic carbocycles. The number of hydrogen-bond donors (Lipinski definition) is 0. The van der Waals surface area contributed by atoms with E-state index in [0.29, 0.717) is 12.8 Å². The van der Waals surface area contributed by atoms with Crippen LogP contribution in [0.1, 0.15) is 12.8 Å². The van der Waals surface area contributed by atoms with Crippen molar-refractivity contribution in [2.75, 3.05) is 9.80 Å². The summed E-state index contributed by atoms with van der Waals surface area (Å²) in [6, 6.07) is 75.1. The molecule has 0 amide bonds. The lowest BCUT2D eigenvalue weighted by molar-refractivity contribution is 0.580. The number of para-hydroxylation sites is 4. The topological polar surface area (TPSA) is 16.3 Å². The van der Waals surface area contributed by atoms with Crippen LogP contribution in [-0.2, 0) is 0 Å². The van der Waals surface area contributed by atoms with E-state index in [1.165, 1.54) is 17.5 Å². The maximum Gasteiger partial charge on any atom is 0.123 e. The van der Waals surface area contributed by atoms with E-state index in [2.05, 4.69) is 201 Å². The van der Waals surface area contributed by atoms with Crippen LogP contribution in [-0.4, -0.2) is 9.13 Å². The van der Waals surface area contributed by atoms with Gasteiger partial charge in [0.2, 0.25) is 0 Å². The van der Waals surface area contributed by atoms with Gasteiger partial charge in [0.05, 0.1) is 22.1 Å². The maximum absolute atomic E-state index is 14.5. The van der Waals surface area contributed by atoms with Gasteiger partial charge in [0.15, 0.2) is 0 Å². The van der Waals surface area contributed by atoms with Crippen molar-refractivity contribution >= 4 is 72.0 Å². The van der Waals surface area contributed by atoms with Gasteiger partial charge < -0.3 is 18.9 Å². The summed E-state index contributed by atoms with van der Waals surface area (Å²) in [6.07, 6.45) is 4.46. The fraction of sp³-hybridized carbons (Fsp3) is 0.0333. The summed E-state index contributed by atoms with van der Waals surface area (Å²) >= 11 is 0. The Bertz CT molecular complexity index is 3640. The zero-order valence-electron chi connectivity index (χ0n) is 35.9. The smallest absolute Gasteiger partial charge is 0.123 e. The number of anilines is 5. The van der Waals surface area contributed by atoms with Gasteiger partial charge in [0.1, 0.15) is 11.6 Å². The summed E-state index contributed by atoms with van der Waals surface area (Å²) < 4.78 is 33.5. The molecule has 0 bridgehead atoms. The highest BCUT2D eigenvalue weighted by Gasteiger charge is 2.22. The number of aromatic nitrogens is 2. The average molecular weight is 857 g/mol. The monoisotopic (exact) mass is 856 g/mol. The van der Waals surface area contributed by atoms with E-state index in [0.717, 1.165) is 94.9 Å². The van der Waals surface area contributed by atoms with Crippen LogP contribution in [0.25, 0.3) is 66.1 Å². The Kier molecular flexibility index (Phi) is 9.64. The fourth-order valence-electron chi connectivity index (χ4n) is 9.82. The summed E-state index contributed by atoms with van der Waals surface area (Å²) in [5.41, 5.74) is 14.7. The molecule has 66 heavy (non-hydrogen) atoms. The van der Waals surface area contributed by atoms with Gasteiger partial charge in [-0.25, -0.2) is 8.78 Å². The van der Waals surface area contributed by atoms with Crippen molar-refractivity contribution in [3.63, 3.8) is 0 Å². The van der Waals surface area contributed by atoms with E-state index >= 15 is 0 Å². The first kappa shape index (κ1) is 39.1. The lowest BCUT2D eigenvalue weighted by Crippen LogP contribution is -2.17. The zero-order chi connectivity index (χ0) is 44.1. The molecular weight excluding hydrogens is 815 g/mol. The number of nitrogens with zero attached hydrogens (tertiary/aromatic N) is 4. The van der Waals surface area contributed by atoms with Gasteiger partial charge in [-0.05, 0) is 151 Å². The molecule has 0 fully saturated rings. The van der Waals surface area contributed by atoms with Crippen LogP contribution in [0.5, 0.6) is 0 Å². The van der Waals surface area contributed by atoms with E-state index in [1.807, 2.05) is 30.3 Å². The third-order valence-corrected chi connectivity index (χ3v) is 12.9. The summed E-state index contributed by atoms with van der Waals surface area (Å²) in [6.45, 7) is 0. The summed E-state index contributed by atoms with van der Waals surface area (Å²) in [5, 5.41) is 4.62. The predicted molar refractivity (Wildman–Crippen MR) is 270 cm³/mol. The highest BCUT2D eigenvalue weighted by atomic mass is 19.1. The molecule has 1 aliphatic rings. The van der Waals surface area contributed by atoms with Crippen molar-refractivity contribution in [3.8, 4) is 22.5 Å². The molecule has 0 saturated carbocycles. The molecule has 316 valence electrons. The van der Waals surface area contributed by atoms with E-state index in [-0.39, 0.29) is 11.6 Å². The highest BCUT2D eigenvalue weighted by molar-refractivity contribution is 6.12. The van der Waals surface area contributed by atoms with E-state index in [4.69, 9.17) is 0 Å². The lowest BCUT2D eigenvalue weighted by Gasteiger charge is -2.29. The summed E-state index contributed by atoms with van der Waals surface area (Å²) in [7, 11) is 0. The van der Waals surface area contributed by atoms with Crippen molar-refractivity contribution in [3.05, 3.63) is 248 Å². The third kappa shape index (κ3) is 6.82. The van der Waals surface area contributed by atoms with Crippen LogP contribution in [0.2, 0.25) is 0 Å². The number of fused-ring (bicyclic) bond motifs is 6. The van der Waals surface area contributed by atoms with Gasteiger partial charge in [-0.1, -0.05) is 97.1 Å². The second-order valence-electron chi connectivity index (χ2n) is 16.8. The van der Waals surface area contributed by atoms with Crippen LogP contribution >= 0.6 is 0 Å². The number of halogens is 2. The summed E-state index contributed by atoms with van der Waals surface area (Å²) in [5.74, 6) is -0.384. The molecule has 6 heteroatoms. The molecule has 2 aromatic heterocycles. The molecular formula is C60H42F2N4. The Balaban J connectivity index is 0.907. The van der Waals surface area contributed by atoms with Crippen LogP contribution in [0.3, 0.4) is 0 Å². The lowest BCUT2D eigenvalue weighted by atomic mass is 10.0. The van der Waals surface area contributed by atoms with Gasteiger partial charge in [-0.3, -0.25) is 0 Å². The molecule has 0 N–H and O–H groups in total. The highest BCUT2D eigenvalue weighted by Crippen LogP contribution is 2.42. The molecule has 0 spiro atoms. The Morgan fingerprint density at radius 1 is 0.333 bits per heavy atom. The fourth-order valence-corrected chi connectivity index (χ4v) is 9.82. The van der Waals surface area contributed by atoms with Crippen molar-refractivity contribution in [1.82, 2.24) is 9.13 Å². The molecule has 12 rings (SSSR count). The van der Waals surface area contributed by atoms with Gasteiger partial charge in [-0.15, -0.1) is 0 Å². The minimum Gasteiger partial charge on any atom is -0.314 e. The largest absolute Gasteiger partial charge is 0.314 e. The molecule has 4 nitrogen and oxygen atoms in total. The molecule has 0 radical (unpaired) electrons. The summed E-state index contributed by atoms with van der Waals surface area (Å²) in [4.78, 5) is 4.44. The molecule has 9 aromatic carbocycles. The van der Waals surface area contributed by atoms with Gasteiger partial charge in [0.25, 0.3) is 0 Å². The predicted octanol–water partition coefficient (Wildman–Crippen LogP) is 16.8. The number of allylic oxidation sites excluding steroid dienone is 4. The van der Waals surface area contributed by atoms with Crippen molar-refractivity contribution < 1.29 is 8.78 Å².